The number of carbonyl (C=O) groups is 1. The largest absolute Gasteiger partial charge is 0.458 e. The summed E-state index contributed by atoms with van der Waals surface area (Å²) in [6.45, 7) is 7.96. The molecule has 1 aliphatic rings. The molecule has 1 saturated heterocycles. The van der Waals surface area contributed by atoms with Gasteiger partial charge in [-0.25, -0.2) is 4.98 Å². The molecule has 0 bridgehead atoms. The minimum Gasteiger partial charge on any atom is -0.458 e. The number of carbonyl (C=O) groups excluding carboxylic acids is 1. The number of aromatic nitrogens is 1. The average Bonchev–Trinajstić information content (AvgIpc) is 2.52. The van der Waals surface area contributed by atoms with Crippen molar-refractivity contribution >= 4 is 11.8 Å². The highest BCUT2D eigenvalue weighted by molar-refractivity contribution is 5.75. The first kappa shape index (κ1) is 16.7. The van der Waals surface area contributed by atoms with Gasteiger partial charge in [0.2, 0.25) is 0 Å². The Balaban J connectivity index is 1.93. The van der Waals surface area contributed by atoms with Crippen LogP contribution in [0.3, 0.4) is 0 Å². The van der Waals surface area contributed by atoms with Crippen molar-refractivity contribution in [2.75, 3.05) is 38.1 Å². The predicted octanol–water partition coefficient (Wildman–Crippen LogP) is 0.860. The van der Waals surface area contributed by atoms with E-state index in [1.54, 1.807) is 0 Å². The Morgan fingerprint density at radius 3 is 2.64 bits per heavy atom. The van der Waals surface area contributed by atoms with Crippen LogP contribution in [-0.2, 0) is 16.1 Å². The second-order valence-corrected chi connectivity index (χ2v) is 6.15. The van der Waals surface area contributed by atoms with Crippen LogP contribution < -0.4 is 10.6 Å². The fourth-order valence-electron chi connectivity index (χ4n) is 2.27. The summed E-state index contributed by atoms with van der Waals surface area (Å²) in [6.07, 6.45) is 0. The highest BCUT2D eigenvalue weighted by Gasteiger charge is 2.19. The van der Waals surface area contributed by atoms with Gasteiger partial charge in [0.25, 0.3) is 0 Å². The van der Waals surface area contributed by atoms with Crippen LogP contribution in [0, 0.1) is 5.92 Å². The third-order valence-electron chi connectivity index (χ3n) is 3.97. The Morgan fingerprint density at radius 1 is 1.32 bits per heavy atom. The van der Waals surface area contributed by atoms with E-state index in [1.807, 2.05) is 32.0 Å². The lowest BCUT2D eigenvalue weighted by Crippen LogP contribution is -2.44. The van der Waals surface area contributed by atoms with Crippen LogP contribution in [0.4, 0.5) is 5.82 Å². The van der Waals surface area contributed by atoms with E-state index < -0.39 is 6.04 Å². The molecular formula is C16H26N4O2. The molecule has 1 aromatic heterocycles. The first-order chi connectivity index (χ1) is 10.5. The fourth-order valence-corrected chi connectivity index (χ4v) is 2.27. The van der Waals surface area contributed by atoms with E-state index in [0.29, 0.717) is 0 Å². The SMILES string of the molecule is CC(C)C(N)C(=O)OCc1cccc(N2CCN(C)CC2)n1. The Bertz CT molecular complexity index is 499. The second-order valence-electron chi connectivity index (χ2n) is 6.15. The van der Waals surface area contributed by atoms with Gasteiger partial charge in [-0.05, 0) is 25.1 Å². The van der Waals surface area contributed by atoms with Gasteiger partial charge < -0.3 is 20.3 Å². The van der Waals surface area contributed by atoms with Crippen molar-refractivity contribution in [3.05, 3.63) is 23.9 Å². The van der Waals surface area contributed by atoms with Gasteiger partial charge in [-0.1, -0.05) is 19.9 Å². The number of likely N-dealkylation sites (N-methyl/N-ethyl adjacent to an activating group) is 1. The third-order valence-corrected chi connectivity index (χ3v) is 3.97. The van der Waals surface area contributed by atoms with Crippen molar-refractivity contribution in [3.8, 4) is 0 Å². The Labute approximate surface area is 132 Å². The number of ether oxygens (including phenoxy) is 1. The predicted molar refractivity (Wildman–Crippen MR) is 86.6 cm³/mol. The van der Waals surface area contributed by atoms with Crippen molar-refractivity contribution in [2.45, 2.75) is 26.5 Å². The van der Waals surface area contributed by atoms with E-state index in [4.69, 9.17) is 10.5 Å². The van der Waals surface area contributed by atoms with E-state index in [0.717, 1.165) is 37.7 Å². The van der Waals surface area contributed by atoms with Gasteiger partial charge in [-0.2, -0.15) is 0 Å². The molecule has 22 heavy (non-hydrogen) atoms. The standard InChI is InChI=1S/C16H26N4O2/c1-12(2)15(17)16(21)22-11-13-5-4-6-14(18-13)20-9-7-19(3)8-10-20/h4-6,12,15H,7-11,17H2,1-3H3. The minimum absolute atomic E-state index is 0.0668. The van der Waals surface area contributed by atoms with Crippen molar-refractivity contribution in [3.63, 3.8) is 0 Å². The number of esters is 1. The Hall–Kier alpha value is -1.66. The molecule has 0 radical (unpaired) electrons. The number of hydrogen-bond acceptors (Lipinski definition) is 6. The van der Waals surface area contributed by atoms with Gasteiger partial charge >= 0.3 is 5.97 Å². The number of nitrogens with two attached hydrogens (primary N) is 1. The molecule has 6 heteroatoms. The summed E-state index contributed by atoms with van der Waals surface area (Å²) in [5.41, 5.74) is 6.53. The topological polar surface area (TPSA) is 71.7 Å². The summed E-state index contributed by atoms with van der Waals surface area (Å²) in [5.74, 6) is 0.633. The van der Waals surface area contributed by atoms with E-state index >= 15 is 0 Å². The maximum atomic E-state index is 11.8. The van der Waals surface area contributed by atoms with Crippen LogP contribution in [0.1, 0.15) is 19.5 Å². The lowest BCUT2D eigenvalue weighted by atomic mass is 10.1. The van der Waals surface area contributed by atoms with Crippen LogP contribution in [0.2, 0.25) is 0 Å². The molecule has 0 amide bonds. The van der Waals surface area contributed by atoms with E-state index in [-0.39, 0.29) is 18.5 Å². The molecule has 1 fully saturated rings. The summed E-state index contributed by atoms with van der Waals surface area (Å²) in [6, 6.07) is 5.23. The zero-order valence-corrected chi connectivity index (χ0v) is 13.7. The summed E-state index contributed by atoms with van der Waals surface area (Å²) in [5, 5.41) is 0. The number of nitrogens with zero attached hydrogens (tertiary/aromatic N) is 3. The van der Waals surface area contributed by atoms with Gasteiger partial charge in [-0.15, -0.1) is 0 Å². The van der Waals surface area contributed by atoms with Crippen LogP contribution in [0.15, 0.2) is 18.2 Å². The number of pyridine rings is 1. The molecule has 0 spiro atoms. The van der Waals surface area contributed by atoms with Crippen LogP contribution in [0.25, 0.3) is 0 Å². The molecule has 1 atom stereocenters. The summed E-state index contributed by atoms with van der Waals surface area (Å²) >= 11 is 0. The van der Waals surface area contributed by atoms with Gasteiger partial charge in [0, 0.05) is 26.2 Å². The maximum absolute atomic E-state index is 11.8. The molecule has 2 N–H and O–H groups in total. The second kappa shape index (κ2) is 7.56. The maximum Gasteiger partial charge on any atom is 0.323 e. The van der Waals surface area contributed by atoms with Crippen LogP contribution >= 0.6 is 0 Å². The molecule has 6 nitrogen and oxygen atoms in total. The molecule has 122 valence electrons. The molecular weight excluding hydrogens is 280 g/mol. The fraction of sp³-hybridized carbons (Fsp3) is 0.625. The van der Waals surface area contributed by atoms with E-state index in [1.165, 1.54) is 0 Å². The third kappa shape index (κ3) is 4.42. The number of piperazine rings is 1. The van der Waals surface area contributed by atoms with Crippen molar-refractivity contribution in [2.24, 2.45) is 11.7 Å². The highest BCUT2D eigenvalue weighted by Crippen LogP contribution is 2.14. The quantitative estimate of drug-likeness (QED) is 0.814. The van der Waals surface area contributed by atoms with Crippen LogP contribution in [0.5, 0.6) is 0 Å². The van der Waals surface area contributed by atoms with E-state index in [2.05, 4.69) is 21.8 Å². The molecule has 1 aromatic rings. The molecule has 1 unspecified atom stereocenters. The first-order valence-electron chi connectivity index (χ1n) is 7.79. The lowest BCUT2D eigenvalue weighted by molar-refractivity contribution is -0.147. The van der Waals surface area contributed by atoms with Gasteiger partial charge in [0.1, 0.15) is 18.5 Å². The highest BCUT2D eigenvalue weighted by atomic mass is 16.5. The average molecular weight is 306 g/mol. The van der Waals surface area contributed by atoms with Crippen molar-refractivity contribution in [1.29, 1.82) is 0 Å². The molecule has 0 saturated carbocycles. The van der Waals surface area contributed by atoms with Crippen LogP contribution in [-0.4, -0.2) is 55.1 Å². The summed E-state index contributed by atoms with van der Waals surface area (Å²) in [4.78, 5) is 20.9. The van der Waals surface area contributed by atoms with Gasteiger partial charge in [0.15, 0.2) is 0 Å². The molecule has 0 aromatic carbocycles. The number of rotatable bonds is 5. The lowest BCUT2D eigenvalue weighted by Gasteiger charge is -2.33. The van der Waals surface area contributed by atoms with E-state index in [9.17, 15) is 4.79 Å². The number of anilines is 1. The first-order valence-corrected chi connectivity index (χ1v) is 7.79. The zero-order valence-electron chi connectivity index (χ0n) is 13.7. The Morgan fingerprint density at radius 2 is 2.00 bits per heavy atom. The normalized spacial score (nSPS) is 17.6. The van der Waals surface area contributed by atoms with Crippen molar-refractivity contribution < 1.29 is 9.53 Å². The molecule has 0 aliphatic carbocycles. The smallest absolute Gasteiger partial charge is 0.323 e. The summed E-state index contributed by atoms with van der Waals surface area (Å²) in [7, 11) is 2.12. The molecule has 1 aliphatic heterocycles. The van der Waals surface area contributed by atoms with Gasteiger partial charge in [0.05, 0.1) is 5.69 Å². The summed E-state index contributed by atoms with van der Waals surface area (Å²) < 4.78 is 5.26. The zero-order chi connectivity index (χ0) is 16.1. The molecule has 2 heterocycles. The monoisotopic (exact) mass is 306 g/mol. The van der Waals surface area contributed by atoms with Crippen molar-refractivity contribution in [1.82, 2.24) is 9.88 Å². The van der Waals surface area contributed by atoms with Gasteiger partial charge in [-0.3, -0.25) is 4.79 Å². The minimum atomic E-state index is -0.583. The molecule has 2 rings (SSSR count). The Kier molecular flexibility index (Phi) is 5.74. The number of hydrogen-bond donors (Lipinski definition) is 1.